The van der Waals surface area contributed by atoms with Gasteiger partial charge in [-0.1, -0.05) is 11.6 Å². The van der Waals surface area contributed by atoms with E-state index in [-0.39, 0.29) is 6.42 Å². The van der Waals surface area contributed by atoms with Crippen molar-refractivity contribution in [3.63, 3.8) is 0 Å². The van der Waals surface area contributed by atoms with Gasteiger partial charge in [0.1, 0.15) is 0 Å². The van der Waals surface area contributed by atoms with Gasteiger partial charge < -0.3 is 14.6 Å². The summed E-state index contributed by atoms with van der Waals surface area (Å²) in [5.74, 6) is 0.0618. The third-order valence-electron chi connectivity index (χ3n) is 2.84. The van der Waals surface area contributed by atoms with Crippen LogP contribution in [0.5, 0.6) is 11.5 Å². The fourth-order valence-corrected chi connectivity index (χ4v) is 2.67. The zero-order valence-corrected chi connectivity index (χ0v) is 13.6. The third-order valence-corrected chi connectivity index (χ3v) is 3.77. The lowest BCUT2D eigenvalue weighted by molar-refractivity contribution is -0.146. The molecule has 0 atom stereocenters. The first-order chi connectivity index (χ1) is 8.74. The average molecular weight is 352 g/mol. The summed E-state index contributed by atoms with van der Waals surface area (Å²) < 4.78 is 11.2. The largest absolute Gasteiger partial charge is 0.492 e. The van der Waals surface area contributed by atoms with Gasteiger partial charge in [0.2, 0.25) is 0 Å². The topological polar surface area (TPSA) is 55.8 Å². The maximum absolute atomic E-state index is 11.2. The highest BCUT2D eigenvalue weighted by molar-refractivity contribution is 9.10. The summed E-state index contributed by atoms with van der Waals surface area (Å²) in [6.45, 7) is 3.28. The maximum Gasteiger partial charge on any atom is 0.309 e. The van der Waals surface area contributed by atoms with Crippen molar-refractivity contribution in [3.05, 3.63) is 21.1 Å². The van der Waals surface area contributed by atoms with Crippen molar-refractivity contribution in [1.29, 1.82) is 0 Å². The van der Waals surface area contributed by atoms with Crippen LogP contribution >= 0.6 is 27.5 Å². The molecule has 0 bridgehead atoms. The normalized spacial score (nSPS) is 11.3. The molecule has 0 amide bonds. The van der Waals surface area contributed by atoms with E-state index in [0.29, 0.717) is 26.6 Å². The second kappa shape index (κ2) is 6.01. The van der Waals surface area contributed by atoms with Crippen LogP contribution < -0.4 is 9.47 Å². The Morgan fingerprint density at radius 1 is 1.37 bits per heavy atom. The van der Waals surface area contributed by atoms with Crippen molar-refractivity contribution < 1.29 is 19.4 Å². The Balaban J connectivity index is 3.38. The predicted molar refractivity (Wildman–Crippen MR) is 77.4 cm³/mol. The summed E-state index contributed by atoms with van der Waals surface area (Å²) in [4.78, 5) is 11.2. The Labute approximate surface area is 125 Å². The zero-order chi connectivity index (χ0) is 14.8. The van der Waals surface area contributed by atoms with E-state index in [9.17, 15) is 9.90 Å². The Kier molecular flexibility index (Phi) is 5.10. The number of benzene rings is 1. The lowest BCUT2D eigenvalue weighted by atomic mass is 9.85. The smallest absolute Gasteiger partial charge is 0.309 e. The van der Waals surface area contributed by atoms with Gasteiger partial charge in [-0.25, -0.2) is 0 Å². The number of rotatable bonds is 5. The molecule has 106 valence electrons. The maximum atomic E-state index is 11.2. The SMILES string of the molecule is COc1c(Br)cc(Cl)c(CC(C)(C)C(=O)O)c1OC. The van der Waals surface area contributed by atoms with Crippen LogP contribution in [0.15, 0.2) is 10.5 Å². The number of carboxylic acids is 1. The second-order valence-electron chi connectivity index (χ2n) is 4.75. The second-order valence-corrected chi connectivity index (χ2v) is 6.01. The highest BCUT2D eigenvalue weighted by Gasteiger charge is 2.31. The Hall–Kier alpha value is -0.940. The molecule has 0 heterocycles. The lowest BCUT2D eigenvalue weighted by Gasteiger charge is -2.23. The molecule has 0 spiro atoms. The van der Waals surface area contributed by atoms with Crippen LogP contribution in [0, 0.1) is 5.41 Å². The minimum absolute atomic E-state index is 0.244. The zero-order valence-electron chi connectivity index (χ0n) is 11.2. The van der Waals surface area contributed by atoms with Crippen molar-refractivity contribution in [3.8, 4) is 11.5 Å². The summed E-state index contributed by atoms with van der Waals surface area (Å²) in [5.41, 5.74) is -0.327. The Morgan fingerprint density at radius 2 is 1.89 bits per heavy atom. The van der Waals surface area contributed by atoms with E-state index in [2.05, 4.69) is 15.9 Å². The van der Waals surface area contributed by atoms with Gasteiger partial charge in [-0.2, -0.15) is 0 Å². The number of aliphatic carboxylic acids is 1. The van der Waals surface area contributed by atoms with Gasteiger partial charge in [0, 0.05) is 10.6 Å². The molecular formula is C13H16BrClO4. The van der Waals surface area contributed by atoms with E-state index in [4.69, 9.17) is 21.1 Å². The third kappa shape index (κ3) is 3.34. The van der Waals surface area contributed by atoms with Gasteiger partial charge in [0.25, 0.3) is 0 Å². The number of hydrogen-bond acceptors (Lipinski definition) is 3. The summed E-state index contributed by atoms with van der Waals surface area (Å²) in [7, 11) is 3.01. The molecule has 1 aromatic rings. The predicted octanol–water partition coefficient (Wildman–Crippen LogP) is 3.77. The van der Waals surface area contributed by atoms with Gasteiger partial charge in [0.15, 0.2) is 11.5 Å². The van der Waals surface area contributed by atoms with Crippen LogP contribution in [-0.2, 0) is 11.2 Å². The van der Waals surface area contributed by atoms with Crippen LogP contribution in [0.4, 0.5) is 0 Å². The first-order valence-corrected chi connectivity index (χ1v) is 6.74. The average Bonchev–Trinajstić information content (AvgIpc) is 2.31. The van der Waals surface area contributed by atoms with Gasteiger partial charge in [-0.15, -0.1) is 0 Å². The van der Waals surface area contributed by atoms with Crippen LogP contribution in [0.25, 0.3) is 0 Å². The van der Waals surface area contributed by atoms with E-state index in [1.807, 2.05) is 0 Å². The Morgan fingerprint density at radius 3 is 2.32 bits per heavy atom. The molecule has 0 saturated heterocycles. The molecule has 0 aliphatic rings. The minimum atomic E-state index is -0.949. The fraction of sp³-hybridized carbons (Fsp3) is 0.462. The molecule has 0 aliphatic carbocycles. The van der Waals surface area contributed by atoms with E-state index in [1.165, 1.54) is 14.2 Å². The lowest BCUT2D eigenvalue weighted by Crippen LogP contribution is -2.26. The van der Waals surface area contributed by atoms with Crippen molar-refractivity contribution in [2.45, 2.75) is 20.3 Å². The number of carbonyl (C=O) groups is 1. The van der Waals surface area contributed by atoms with E-state index in [0.717, 1.165) is 0 Å². The van der Waals surface area contributed by atoms with Gasteiger partial charge in [0.05, 0.1) is 24.1 Å². The van der Waals surface area contributed by atoms with Crippen molar-refractivity contribution >= 4 is 33.5 Å². The molecule has 0 radical (unpaired) electrons. The van der Waals surface area contributed by atoms with Gasteiger partial charge in [-0.3, -0.25) is 4.79 Å². The van der Waals surface area contributed by atoms with Gasteiger partial charge >= 0.3 is 5.97 Å². The van der Waals surface area contributed by atoms with Crippen LogP contribution in [-0.4, -0.2) is 25.3 Å². The van der Waals surface area contributed by atoms with E-state index >= 15 is 0 Å². The summed E-state index contributed by atoms with van der Waals surface area (Å²) in [6.07, 6.45) is 0.244. The molecule has 0 unspecified atom stereocenters. The molecule has 0 saturated carbocycles. The molecule has 6 heteroatoms. The van der Waals surface area contributed by atoms with Crippen molar-refractivity contribution in [2.75, 3.05) is 14.2 Å². The van der Waals surface area contributed by atoms with Gasteiger partial charge in [-0.05, 0) is 42.3 Å². The summed E-state index contributed by atoms with van der Waals surface area (Å²) >= 11 is 9.53. The van der Waals surface area contributed by atoms with Crippen molar-refractivity contribution in [2.24, 2.45) is 5.41 Å². The van der Waals surface area contributed by atoms with E-state index < -0.39 is 11.4 Å². The van der Waals surface area contributed by atoms with E-state index in [1.54, 1.807) is 19.9 Å². The number of hydrogen-bond donors (Lipinski definition) is 1. The number of halogens is 2. The Bertz CT molecular complexity index is 500. The quantitative estimate of drug-likeness (QED) is 0.877. The molecule has 1 aromatic carbocycles. The molecule has 1 rings (SSSR count). The highest BCUT2D eigenvalue weighted by atomic mass is 79.9. The first-order valence-electron chi connectivity index (χ1n) is 5.56. The number of ether oxygens (including phenoxy) is 2. The highest BCUT2D eigenvalue weighted by Crippen LogP contribution is 2.44. The summed E-state index contributed by atoms with van der Waals surface area (Å²) in [5, 5.41) is 9.66. The van der Waals surface area contributed by atoms with Crippen LogP contribution in [0.1, 0.15) is 19.4 Å². The van der Waals surface area contributed by atoms with Crippen LogP contribution in [0.3, 0.4) is 0 Å². The molecule has 1 N–H and O–H groups in total. The molecule has 19 heavy (non-hydrogen) atoms. The molecule has 0 aromatic heterocycles. The first kappa shape index (κ1) is 16.1. The van der Waals surface area contributed by atoms with Crippen LogP contribution in [0.2, 0.25) is 5.02 Å². The fourth-order valence-electron chi connectivity index (χ4n) is 1.71. The number of methoxy groups -OCH3 is 2. The standard InChI is InChI=1S/C13H16BrClO4/c1-13(2,12(16)17)6-7-9(15)5-8(14)11(19-4)10(7)18-3/h5H,6H2,1-4H3,(H,16,17). The minimum Gasteiger partial charge on any atom is -0.492 e. The summed E-state index contributed by atoms with van der Waals surface area (Å²) in [6, 6.07) is 1.68. The van der Waals surface area contributed by atoms with Crippen molar-refractivity contribution in [1.82, 2.24) is 0 Å². The monoisotopic (exact) mass is 350 g/mol. The molecular weight excluding hydrogens is 335 g/mol. The molecule has 0 fully saturated rings. The molecule has 0 aliphatic heterocycles. The molecule has 4 nitrogen and oxygen atoms in total. The number of carboxylic acid groups (broad SMARTS) is 1.